The fraction of sp³-hybridized carbons (Fsp3) is 0.750. The van der Waals surface area contributed by atoms with Gasteiger partial charge in [0, 0.05) is 0 Å². The van der Waals surface area contributed by atoms with E-state index in [0.717, 1.165) is 6.92 Å². The van der Waals surface area contributed by atoms with Crippen molar-refractivity contribution in [2.24, 2.45) is 5.92 Å². The fourth-order valence-electron chi connectivity index (χ4n) is 0.166. The highest BCUT2D eigenvalue weighted by Gasteiger charge is 2.33. The molecule has 4 N–H and O–H groups in total. The number of rotatable bonds is 2. The monoisotopic (exact) mass is 136 g/mol. The van der Waals surface area contributed by atoms with E-state index in [2.05, 4.69) is 0 Å². The van der Waals surface area contributed by atoms with E-state index in [1.54, 1.807) is 0 Å². The van der Waals surface area contributed by atoms with Gasteiger partial charge >= 0.3 is 5.97 Å². The maximum Gasteiger partial charge on any atom is 0.314 e. The van der Waals surface area contributed by atoms with Crippen LogP contribution in [0.2, 0.25) is 0 Å². The lowest BCUT2D eigenvalue weighted by Crippen LogP contribution is -2.40. The molecule has 0 spiro atoms. The zero-order chi connectivity index (χ0) is 7.65. The second-order valence-electron chi connectivity index (χ2n) is 1.75. The molecule has 5 heteroatoms. The Balaban J connectivity index is 4.04. The van der Waals surface area contributed by atoms with E-state index in [-0.39, 0.29) is 0 Å². The lowest BCUT2D eigenvalue weighted by atomic mass is 10.1. The predicted molar refractivity (Wildman–Crippen MR) is 26.2 cm³/mol. The summed E-state index contributed by atoms with van der Waals surface area (Å²) in [6.45, 7) is 0.975. The Kier molecular flexibility index (Phi) is 2.13. The first-order chi connectivity index (χ1) is 3.85. The highest BCUT2D eigenvalue weighted by molar-refractivity contribution is 5.70. The van der Waals surface area contributed by atoms with Crippen molar-refractivity contribution in [2.45, 2.75) is 12.9 Å². The van der Waals surface area contributed by atoms with Gasteiger partial charge in [0.15, 0.2) is 0 Å². The molecule has 0 saturated heterocycles. The summed E-state index contributed by atoms with van der Waals surface area (Å²) in [5.74, 6) is -6.19. The minimum Gasteiger partial charge on any atom is -0.481 e. The quantitative estimate of drug-likeness (QED) is 0.340. The van der Waals surface area contributed by atoms with Crippen LogP contribution in [0.25, 0.3) is 0 Å². The molecule has 0 radical (unpaired) electrons. The minimum absolute atomic E-state index is 0.975. The Morgan fingerprint density at radius 1 is 1.44 bits per heavy atom. The molecule has 54 valence electrons. The third-order valence-electron chi connectivity index (χ3n) is 0.951. The number of carboxylic acid groups (broad SMARTS) is 1. The van der Waals surface area contributed by atoms with Crippen molar-refractivity contribution in [3.05, 3.63) is 0 Å². The molecule has 0 aliphatic rings. The van der Waals surface area contributed by atoms with Gasteiger partial charge in [-0.1, -0.05) is 0 Å². The summed E-state index contributed by atoms with van der Waals surface area (Å²) in [5.41, 5.74) is 0. The molecule has 0 rings (SSSR count). The first kappa shape index (κ1) is 8.35. The van der Waals surface area contributed by atoms with Crippen molar-refractivity contribution in [1.82, 2.24) is 0 Å². The maximum absolute atomic E-state index is 9.87. The van der Waals surface area contributed by atoms with Gasteiger partial charge in [0.25, 0.3) is 5.97 Å². The minimum atomic E-state index is -3.12. The molecule has 0 aromatic rings. The first-order valence-corrected chi connectivity index (χ1v) is 2.25. The standard InChI is InChI=1S/C4H8O5/c1-2(3(5)6)4(7,8)9/h2,7-9H,1H3,(H,5,6). The largest absolute Gasteiger partial charge is 0.481 e. The van der Waals surface area contributed by atoms with Crippen molar-refractivity contribution in [3.8, 4) is 0 Å². The van der Waals surface area contributed by atoms with Crippen molar-refractivity contribution in [2.75, 3.05) is 0 Å². The molecule has 0 heterocycles. The molecule has 0 saturated carbocycles. The summed E-state index contributed by atoms with van der Waals surface area (Å²) in [4.78, 5) is 9.87. The molecule has 0 amide bonds. The van der Waals surface area contributed by atoms with Gasteiger partial charge in [0.1, 0.15) is 5.92 Å². The summed E-state index contributed by atoms with van der Waals surface area (Å²) in [6.07, 6.45) is 0. The molecular weight excluding hydrogens is 128 g/mol. The van der Waals surface area contributed by atoms with Gasteiger partial charge in [-0.3, -0.25) is 4.79 Å². The molecule has 0 fully saturated rings. The highest BCUT2D eigenvalue weighted by atomic mass is 16.7. The third-order valence-corrected chi connectivity index (χ3v) is 0.951. The van der Waals surface area contributed by atoms with E-state index in [1.165, 1.54) is 0 Å². The summed E-state index contributed by atoms with van der Waals surface area (Å²) in [5, 5.41) is 32.6. The van der Waals surface area contributed by atoms with Gasteiger partial charge in [-0.15, -0.1) is 0 Å². The Morgan fingerprint density at radius 3 is 1.78 bits per heavy atom. The Bertz CT molecular complexity index is 113. The maximum atomic E-state index is 9.87. The Morgan fingerprint density at radius 2 is 1.78 bits per heavy atom. The molecular formula is C4H8O5. The third kappa shape index (κ3) is 2.41. The molecule has 1 atom stereocenters. The van der Waals surface area contributed by atoms with Crippen molar-refractivity contribution in [1.29, 1.82) is 0 Å². The molecule has 5 nitrogen and oxygen atoms in total. The zero-order valence-corrected chi connectivity index (χ0v) is 4.77. The summed E-state index contributed by atoms with van der Waals surface area (Å²) >= 11 is 0. The molecule has 9 heavy (non-hydrogen) atoms. The van der Waals surface area contributed by atoms with E-state index in [1.807, 2.05) is 0 Å². The van der Waals surface area contributed by atoms with Gasteiger partial charge in [-0.05, 0) is 6.92 Å². The molecule has 1 unspecified atom stereocenters. The topological polar surface area (TPSA) is 98.0 Å². The van der Waals surface area contributed by atoms with Crippen LogP contribution in [0, 0.1) is 5.92 Å². The van der Waals surface area contributed by atoms with Gasteiger partial charge in [0.05, 0.1) is 0 Å². The normalized spacial score (nSPS) is 15.1. The van der Waals surface area contributed by atoms with Gasteiger partial charge in [0.2, 0.25) is 0 Å². The second kappa shape index (κ2) is 2.30. The van der Waals surface area contributed by atoms with Crippen LogP contribution in [-0.4, -0.2) is 32.4 Å². The lowest BCUT2D eigenvalue weighted by molar-refractivity contribution is -0.334. The van der Waals surface area contributed by atoms with Crippen molar-refractivity contribution >= 4 is 5.97 Å². The lowest BCUT2D eigenvalue weighted by Gasteiger charge is -2.17. The summed E-state index contributed by atoms with van der Waals surface area (Å²) in [7, 11) is 0. The van der Waals surface area contributed by atoms with Crippen molar-refractivity contribution < 1.29 is 25.2 Å². The van der Waals surface area contributed by atoms with Crippen LogP contribution < -0.4 is 0 Å². The molecule has 0 aromatic carbocycles. The van der Waals surface area contributed by atoms with E-state index in [4.69, 9.17) is 20.4 Å². The molecule has 0 aliphatic heterocycles. The number of hydrogen-bond acceptors (Lipinski definition) is 4. The number of hydrogen-bond donors (Lipinski definition) is 4. The van der Waals surface area contributed by atoms with Gasteiger partial charge in [-0.2, -0.15) is 0 Å². The van der Waals surface area contributed by atoms with Crippen LogP contribution in [0.15, 0.2) is 0 Å². The smallest absolute Gasteiger partial charge is 0.314 e. The average Bonchev–Trinajstić information content (AvgIpc) is 1.62. The average molecular weight is 136 g/mol. The van der Waals surface area contributed by atoms with Crippen LogP contribution in [0.1, 0.15) is 6.92 Å². The van der Waals surface area contributed by atoms with E-state index < -0.39 is 17.9 Å². The first-order valence-electron chi connectivity index (χ1n) is 2.25. The van der Waals surface area contributed by atoms with Crippen LogP contribution in [0.4, 0.5) is 0 Å². The number of carbonyl (C=O) groups is 1. The predicted octanol–water partition coefficient (Wildman–Crippen LogP) is -1.66. The van der Waals surface area contributed by atoms with E-state index in [9.17, 15) is 4.79 Å². The van der Waals surface area contributed by atoms with E-state index in [0.29, 0.717) is 0 Å². The van der Waals surface area contributed by atoms with Crippen LogP contribution >= 0.6 is 0 Å². The van der Waals surface area contributed by atoms with E-state index >= 15 is 0 Å². The van der Waals surface area contributed by atoms with Gasteiger partial charge in [-0.25, -0.2) is 0 Å². The highest BCUT2D eigenvalue weighted by Crippen LogP contribution is 2.08. The Hall–Kier alpha value is -0.650. The van der Waals surface area contributed by atoms with Crippen molar-refractivity contribution in [3.63, 3.8) is 0 Å². The Labute approximate surface area is 51.2 Å². The van der Waals surface area contributed by atoms with Crippen LogP contribution in [0.3, 0.4) is 0 Å². The fourth-order valence-corrected chi connectivity index (χ4v) is 0.166. The number of carboxylic acids is 1. The van der Waals surface area contributed by atoms with Crippen LogP contribution in [0.5, 0.6) is 0 Å². The molecule has 0 aliphatic carbocycles. The zero-order valence-electron chi connectivity index (χ0n) is 4.77. The SMILES string of the molecule is CC(C(=O)O)C(O)(O)O. The summed E-state index contributed by atoms with van der Waals surface area (Å²) < 4.78 is 0. The molecule has 0 aromatic heterocycles. The van der Waals surface area contributed by atoms with Gasteiger partial charge < -0.3 is 20.4 Å². The molecule has 0 bridgehead atoms. The number of aliphatic hydroxyl groups is 3. The second-order valence-corrected chi connectivity index (χ2v) is 1.75. The summed E-state index contributed by atoms with van der Waals surface area (Å²) in [6, 6.07) is 0. The number of aliphatic carboxylic acids is 1. The van der Waals surface area contributed by atoms with Crippen LogP contribution in [-0.2, 0) is 4.79 Å².